The van der Waals surface area contributed by atoms with Gasteiger partial charge in [0, 0.05) is 11.9 Å². The largest absolute Gasteiger partial charge is 0.548 e. The van der Waals surface area contributed by atoms with Crippen LogP contribution in [-0.4, -0.2) is 15.7 Å². The highest BCUT2D eigenvalue weighted by Crippen LogP contribution is 2.05. The van der Waals surface area contributed by atoms with Gasteiger partial charge in [-0.1, -0.05) is 0 Å². The molecule has 0 radical (unpaired) electrons. The molecule has 0 saturated heterocycles. The van der Waals surface area contributed by atoms with E-state index in [9.17, 15) is 9.90 Å². The molecule has 0 aliphatic rings. The Morgan fingerprint density at radius 2 is 2.45 bits per heavy atom. The Morgan fingerprint density at radius 3 is 2.82 bits per heavy atom. The number of carboxylic acids is 1. The summed E-state index contributed by atoms with van der Waals surface area (Å²) in [4.78, 5) is 10.4. The van der Waals surface area contributed by atoms with Gasteiger partial charge < -0.3 is 9.90 Å². The van der Waals surface area contributed by atoms with E-state index in [2.05, 4.69) is 5.10 Å². The Hall–Kier alpha value is -1.32. The van der Waals surface area contributed by atoms with Crippen LogP contribution in [0.2, 0.25) is 0 Å². The van der Waals surface area contributed by atoms with E-state index in [1.54, 1.807) is 19.2 Å². The van der Waals surface area contributed by atoms with Gasteiger partial charge in [0.15, 0.2) is 0 Å². The van der Waals surface area contributed by atoms with Gasteiger partial charge in [0.25, 0.3) is 0 Å². The summed E-state index contributed by atoms with van der Waals surface area (Å²) in [6.45, 7) is 3.34. The lowest BCUT2D eigenvalue weighted by atomic mass is 10.3. The summed E-state index contributed by atoms with van der Waals surface area (Å²) >= 11 is 0. The maximum Gasteiger partial charge on any atom is 0.0887 e. The molecule has 1 aromatic heterocycles. The van der Waals surface area contributed by atoms with Gasteiger partial charge in [0.05, 0.1) is 12.0 Å². The van der Waals surface area contributed by atoms with Crippen molar-refractivity contribution in [1.82, 2.24) is 9.78 Å². The van der Waals surface area contributed by atoms with Gasteiger partial charge in [-0.15, -0.1) is 0 Å². The van der Waals surface area contributed by atoms with E-state index >= 15 is 0 Å². The number of carbonyl (C=O) groups is 1. The second kappa shape index (κ2) is 2.74. The smallest absolute Gasteiger partial charge is 0.0887 e. The van der Waals surface area contributed by atoms with Gasteiger partial charge in [-0.25, -0.2) is 0 Å². The zero-order valence-electron chi connectivity index (χ0n) is 6.44. The van der Waals surface area contributed by atoms with Crippen LogP contribution in [0.1, 0.15) is 18.7 Å². The Labute approximate surface area is 64.5 Å². The van der Waals surface area contributed by atoms with Crippen LogP contribution in [0.15, 0.2) is 12.3 Å². The summed E-state index contributed by atoms with van der Waals surface area (Å²) < 4.78 is 1.41. The molecule has 1 heterocycles. The molecule has 0 aliphatic carbocycles. The van der Waals surface area contributed by atoms with Crippen LogP contribution in [0.4, 0.5) is 0 Å². The highest BCUT2D eigenvalue weighted by atomic mass is 16.4. The zero-order chi connectivity index (χ0) is 8.43. The number of carbonyl (C=O) groups excluding carboxylic acids is 1. The third-order valence-corrected chi connectivity index (χ3v) is 1.58. The van der Waals surface area contributed by atoms with Crippen LogP contribution >= 0.6 is 0 Å². The van der Waals surface area contributed by atoms with E-state index in [4.69, 9.17) is 0 Å². The number of aromatic nitrogens is 2. The second-order valence-electron chi connectivity index (χ2n) is 2.41. The molecular formula is C7H9N2O2-. The van der Waals surface area contributed by atoms with Crippen LogP contribution in [0.25, 0.3) is 0 Å². The van der Waals surface area contributed by atoms with Gasteiger partial charge in [-0.05, 0) is 19.9 Å². The molecule has 1 atom stereocenters. The molecule has 0 amide bonds. The minimum absolute atomic E-state index is 0.690. The first-order valence-electron chi connectivity index (χ1n) is 3.34. The summed E-state index contributed by atoms with van der Waals surface area (Å²) in [5.74, 6) is -1.11. The summed E-state index contributed by atoms with van der Waals surface area (Å²) in [6, 6.07) is 1.06. The van der Waals surface area contributed by atoms with Crippen LogP contribution in [0, 0.1) is 6.92 Å². The van der Waals surface area contributed by atoms with Crippen molar-refractivity contribution in [1.29, 1.82) is 0 Å². The first-order valence-corrected chi connectivity index (χ1v) is 3.34. The lowest BCUT2D eigenvalue weighted by molar-refractivity contribution is -0.310. The molecule has 60 valence electrons. The quantitative estimate of drug-likeness (QED) is 0.575. The third kappa shape index (κ3) is 1.39. The minimum Gasteiger partial charge on any atom is -0.548 e. The number of carboxylic acid groups (broad SMARTS) is 1. The molecular weight excluding hydrogens is 144 g/mol. The van der Waals surface area contributed by atoms with Crippen molar-refractivity contribution in [3.63, 3.8) is 0 Å². The predicted molar refractivity (Wildman–Crippen MR) is 36.7 cm³/mol. The predicted octanol–water partition coefficient (Wildman–Crippen LogP) is -0.498. The van der Waals surface area contributed by atoms with Crippen LogP contribution in [-0.2, 0) is 4.79 Å². The average Bonchev–Trinajstić information content (AvgIpc) is 2.33. The molecule has 1 aromatic rings. The fourth-order valence-electron chi connectivity index (χ4n) is 0.886. The normalized spacial score (nSPS) is 12.9. The summed E-state index contributed by atoms with van der Waals surface area (Å²) in [6.07, 6.45) is 1.56. The van der Waals surface area contributed by atoms with E-state index in [1.165, 1.54) is 11.6 Å². The van der Waals surface area contributed by atoms with Crippen molar-refractivity contribution in [3.05, 3.63) is 18.0 Å². The Bertz CT molecular complexity index is 267. The lowest BCUT2D eigenvalue weighted by Gasteiger charge is -2.14. The molecule has 0 spiro atoms. The number of aryl methyl sites for hydroxylation is 1. The fourth-order valence-corrected chi connectivity index (χ4v) is 0.886. The standard InChI is InChI=1S/C7H10N2O2/c1-5-3-4-8-9(5)6(2)7(10)11/h3-4,6H,1-2H3,(H,10,11)/p-1/t6-/m0/s1. The van der Waals surface area contributed by atoms with Crippen molar-refractivity contribution >= 4 is 5.97 Å². The molecule has 0 N–H and O–H groups in total. The SMILES string of the molecule is Cc1ccnn1[C@@H](C)C(=O)[O-]. The molecule has 0 fully saturated rings. The van der Waals surface area contributed by atoms with Crippen LogP contribution in [0.5, 0.6) is 0 Å². The van der Waals surface area contributed by atoms with Crippen molar-refractivity contribution in [3.8, 4) is 0 Å². The topological polar surface area (TPSA) is 58.0 Å². The maximum absolute atomic E-state index is 10.4. The van der Waals surface area contributed by atoms with E-state index in [-0.39, 0.29) is 0 Å². The number of hydrogen-bond donors (Lipinski definition) is 0. The first kappa shape index (κ1) is 7.78. The average molecular weight is 153 g/mol. The summed E-state index contributed by atoms with van der Waals surface area (Å²) in [7, 11) is 0. The van der Waals surface area contributed by atoms with E-state index in [0.29, 0.717) is 0 Å². The van der Waals surface area contributed by atoms with E-state index in [1.807, 2.05) is 0 Å². The van der Waals surface area contributed by atoms with Crippen molar-refractivity contribution in [2.45, 2.75) is 19.9 Å². The molecule has 0 saturated carbocycles. The molecule has 1 rings (SSSR count). The minimum atomic E-state index is -1.11. The highest BCUT2D eigenvalue weighted by molar-refractivity contribution is 5.68. The third-order valence-electron chi connectivity index (χ3n) is 1.58. The molecule has 4 nitrogen and oxygen atoms in total. The number of hydrogen-bond acceptors (Lipinski definition) is 3. The Kier molecular flexibility index (Phi) is 1.94. The second-order valence-corrected chi connectivity index (χ2v) is 2.41. The molecule has 11 heavy (non-hydrogen) atoms. The van der Waals surface area contributed by atoms with E-state index < -0.39 is 12.0 Å². The summed E-state index contributed by atoms with van der Waals surface area (Å²) in [5, 5.41) is 14.2. The lowest BCUT2D eigenvalue weighted by Crippen LogP contribution is -2.32. The molecule has 0 aliphatic heterocycles. The molecule has 0 unspecified atom stereocenters. The van der Waals surface area contributed by atoms with Gasteiger partial charge in [-0.2, -0.15) is 5.10 Å². The zero-order valence-corrected chi connectivity index (χ0v) is 6.44. The first-order chi connectivity index (χ1) is 5.13. The fraction of sp³-hybridized carbons (Fsp3) is 0.429. The van der Waals surface area contributed by atoms with Gasteiger partial charge in [0.2, 0.25) is 0 Å². The Morgan fingerprint density at radius 1 is 1.82 bits per heavy atom. The van der Waals surface area contributed by atoms with Crippen molar-refractivity contribution < 1.29 is 9.90 Å². The Balaban J connectivity index is 2.92. The maximum atomic E-state index is 10.4. The number of nitrogens with zero attached hydrogens (tertiary/aromatic N) is 2. The molecule has 0 aromatic carbocycles. The van der Waals surface area contributed by atoms with Crippen molar-refractivity contribution in [2.24, 2.45) is 0 Å². The molecule has 4 heteroatoms. The summed E-state index contributed by atoms with van der Waals surface area (Å²) in [5.41, 5.74) is 0.821. The van der Waals surface area contributed by atoms with Crippen LogP contribution < -0.4 is 5.11 Å². The van der Waals surface area contributed by atoms with Crippen LogP contribution in [0.3, 0.4) is 0 Å². The van der Waals surface area contributed by atoms with E-state index in [0.717, 1.165) is 5.69 Å². The van der Waals surface area contributed by atoms with Gasteiger partial charge >= 0.3 is 0 Å². The molecule has 0 bridgehead atoms. The number of rotatable bonds is 2. The highest BCUT2D eigenvalue weighted by Gasteiger charge is 2.06. The van der Waals surface area contributed by atoms with Gasteiger partial charge in [-0.3, -0.25) is 4.68 Å². The monoisotopic (exact) mass is 153 g/mol. The van der Waals surface area contributed by atoms with Crippen molar-refractivity contribution in [2.75, 3.05) is 0 Å². The van der Waals surface area contributed by atoms with Gasteiger partial charge in [0.1, 0.15) is 0 Å². The number of aliphatic carboxylic acids is 1.